The molecule has 1 saturated heterocycles. The standard InChI is InChI=1S/C20H26N4OS/c21-20(19-4-2-14-26-19)22-17-5-6-18-16(15-17)3-1-7-24(18)9-8-23-10-12-25-13-11-23/h2,4-6,14-15H,1,3,7-13H2,(H2,21,22). The number of benzene rings is 1. The van der Waals surface area contributed by atoms with Crippen molar-refractivity contribution in [3.63, 3.8) is 0 Å². The van der Waals surface area contributed by atoms with Crippen molar-refractivity contribution < 1.29 is 4.74 Å². The van der Waals surface area contributed by atoms with E-state index in [1.807, 2.05) is 17.5 Å². The lowest BCUT2D eigenvalue weighted by Gasteiger charge is -2.34. The Labute approximate surface area is 159 Å². The number of nitrogens with zero attached hydrogens (tertiary/aromatic N) is 2. The zero-order chi connectivity index (χ0) is 17.8. The number of rotatable bonds is 5. The SMILES string of the molecule is N=C(Nc1ccc2c(c1)CCCN2CCN1CCOCC1)c1cccs1. The van der Waals surface area contributed by atoms with E-state index in [0.29, 0.717) is 5.84 Å². The summed E-state index contributed by atoms with van der Waals surface area (Å²) in [7, 11) is 0. The molecular formula is C20H26N4OS. The molecule has 3 heterocycles. The van der Waals surface area contributed by atoms with Gasteiger partial charge in [-0.05, 0) is 48.1 Å². The molecule has 0 spiro atoms. The van der Waals surface area contributed by atoms with Gasteiger partial charge in [0.1, 0.15) is 5.84 Å². The highest BCUT2D eigenvalue weighted by molar-refractivity contribution is 7.12. The van der Waals surface area contributed by atoms with Crippen molar-refractivity contribution in [2.45, 2.75) is 12.8 Å². The average molecular weight is 371 g/mol. The monoisotopic (exact) mass is 370 g/mol. The number of ether oxygens (including phenoxy) is 1. The van der Waals surface area contributed by atoms with Crippen LogP contribution in [0.25, 0.3) is 0 Å². The van der Waals surface area contributed by atoms with Crippen molar-refractivity contribution in [3.8, 4) is 0 Å². The molecule has 0 atom stereocenters. The summed E-state index contributed by atoms with van der Waals surface area (Å²) < 4.78 is 5.44. The number of hydrogen-bond acceptors (Lipinski definition) is 5. The van der Waals surface area contributed by atoms with Gasteiger partial charge in [-0.15, -0.1) is 11.3 Å². The maximum Gasteiger partial charge on any atom is 0.140 e. The number of aryl methyl sites for hydroxylation is 1. The van der Waals surface area contributed by atoms with E-state index in [1.54, 1.807) is 11.3 Å². The smallest absolute Gasteiger partial charge is 0.140 e. The normalized spacial score (nSPS) is 17.8. The molecule has 0 saturated carbocycles. The molecule has 1 fully saturated rings. The lowest BCUT2D eigenvalue weighted by atomic mass is 10.0. The van der Waals surface area contributed by atoms with Gasteiger partial charge >= 0.3 is 0 Å². The first-order valence-corrected chi connectivity index (χ1v) is 10.2. The molecule has 2 N–H and O–H groups in total. The molecule has 5 nitrogen and oxygen atoms in total. The van der Waals surface area contributed by atoms with Crippen LogP contribution in [0.4, 0.5) is 11.4 Å². The van der Waals surface area contributed by atoms with Crippen molar-refractivity contribution in [1.29, 1.82) is 5.41 Å². The highest BCUT2D eigenvalue weighted by atomic mass is 32.1. The van der Waals surface area contributed by atoms with Crippen LogP contribution in [0, 0.1) is 5.41 Å². The van der Waals surface area contributed by atoms with Gasteiger partial charge in [0.15, 0.2) is 0 Å². The Bertz CT molecular complexity index is 740. The maximum absolute atomic E-state index is 8.22. The van der Waals surface area contributed by atoms with E-state index in [4.69, 9.17) is 10.1 Å². The summed E-state index contributed by atoms with van der Waals surface area (Å²) in [6.45, 7) is 7.14. The summed E-state index contributed by atoms with van der Waals surface area (Å²) in [5.41, 5.74) is 3.76. The quantitative estimate of drug-likeness (QED) is 0.627. The minimum atomic E-state index is 0.472. The van der Waals surface area contributed by atoms with Crippen LogP contribution in [-0.2, 0) is 11.2 Å². The molecule has 0 unspecified atom stereocenters. The predicted molar refractivity (Wildman–Crippen MR) is 109 cm³/mol. The Hall–Kier alpha value is -1.89. The van der Waals surface area contributed by atoms with Gasteiger partial charge in [-0.1, -0.05) is 6.07 Å². The molecule has 6 heteroatoms. The lowest BCUT2D eigenvalue weighted by Crippen LogP contribution is -2.42. The largest absolute Gasteiger partial charge is 0.379 e. The van der Waals surface area contributed by atoms with Gasteiger partial charge in [-0.3, -0.25) is 10.3 Å². The molecule has 2 aliphatic heterocycles. The fraction of sp³-hybridized carbons (Fsp3) is 0.450. The third-order valence-corrected chi connectivity index (χ3v) is 6.01. The first-order valence-electron chi connectivity index (χ1n) is 9.37. The van der Waals surface area contributed by atoms with Gasteiger partial charge in [0.2, 0.25) is 0 Å². The minimum absolute atomic E-state index is 0.472. The molecule has 2 aliphatic rings. The molecule has 4 rings (SSSR count). The highest BCUT2D eigenvalue weighted by Crippen LogP contribution is 2.30. The predicted octanol–water partition coefficient (Wildman–Crippen LogP) is 3.27. The molecule has 138 valence electrons. The summed E-state index contributed by atoms with van der Waals surface area (Å²) in [5, 5.41) is 13.5. The summed E-state index contributed by atoms with van der Waals surface area (Å²) >= 11 is 1.59. The third-order valence-electron chi connectivity index (χ3n) is 5.12. The number of anilines is 2. The number of morpholine rings is 1. The summed E-state index contributed by atoms with van der Waals surface area (Å²) in [6, 6.07) is 10.5. The second-order valence-electron chi connectivity index (χ2n) is 6.87. The molecule has 0 bridgehead atoms. The van der Waals surface area contributed by atoms with Crippen LogP contribution in [0.1, 0.15) is 16.9 Å². The van der Waals surface area contributed by atoms with Gasteiger partial charge in [0, 0.05) is 44.1 Å². The minimum Gasteiger partial charge on any atom is -0.379 e. The summed E-state index contributed by atoms with van der Waals surface area (Å²) in [6.07, 6.45) is 2.31. The zero-order valence-electron chi connectivity index (χ0n) is 15.0. The maximum atomic E-state index is 8.22. The van der Waals surface area contributed by atoms with Gasteiger partial charge in [0.05, 0.1) is 18.1 Å². The Morgan fingerprint density at radius 3 is 2.85 bits per heavy atom. The van der Waals surface area contributed by atoms with Crippen molar-refractivity contribution >= 4 is 28.5 Å². The summed E-state index contributed by atoms with van der Waals surface area (Å²) in [4.78, 5) is 5.98. The summed E-state index contributed by atoms with van der Waals surface area (Å²) in [5.74, 6) is 0.472. The van der Waals surface area contributed by atoms with Gasteiger partial charge in [-0.2, -0.15) is 0 Å². The molecular weight excluding hydrogens is 344 g/mol. The van der Waals surface area contributed by atoms with Crippen LogP contribution >= 0.6 is 11.3 Å². The second-order valence-corrected chi connectivity index (χ2v) is 7.81. The first-order chi connectivity index (χ1) is 12.8. The van der Waals surface area contributed by atoms with Crippen LogP contribution in [-0.4, -0.2) is 56.7 Å². The van der Waals surface area contributed by atoms with Crippen molar-refractivity contribution in [2.75, 3.05) is 56.2 Å². The molecule has 1 aromatic heterocycles. The molecule has 2 aromatic rings. The average Bonchev–Trinajstić information content (AvgIpc) is 3.22. The van der Waals surface area contributed by atoms with E-state index in [-0.39, 0.29) is 0 Å². The molecule has 26 heavy (non-hydrogen) atoms. The Morgan fingerprint density at radius 1 is 1.15 bits per heavy atom. The Kier molecular flexibility index (Phi) is 5.53. The Balaban J connectivity index is 1.41. The first kappa shape index (κ1) is 17.5. The zero-order valence-corrected chi connectivity index (χ0v) is 15.9. The number of hydrogen-bond donors (Lipinski definition) is 2. The van der Waals surface area contributed by atoms with E-state index >= 15 is 0 Å². The van der Waals surface area contributed by atoms with E-state index in [9.17, 15) is 0 Å². The van der Waals surface area contributed by atoms with E-state index in [1.165, 1.54) is 17.7 Å². The third kappa shape index (κ3) is 4.09. The van der Waals surface area contributed by atoms with Crippen LogP contribution in [0.5, 0.6) is 0 Å². The van der Waals surface area contributed by atoms with Crippen LogP contribution < -0.4 is 10.2 Å². The van der Waals surface area contributed by atoms with Crippen molar-refractivity contribution in [3.05, 3.63) is 46.2 Å². The molecule has 1 aromatic carbocycles. The van der Waals surface area contributed by atoms with Crippen molar-refractivity contribution in [1.82, 2.24) is 4.90 Å². The molecule has 0 radical (unpaired) electrons. The number of nitrogens with one attached hydrogen (secondary N) is 2. The fourth-order valence-electron chi connectivity index (χ4n) is 3.70. The number of amidine groups is 1. The molecule has 0 amide bonds. The van der Waals surface area contributed by atoms with E-state index < -0.39 is 0 Å². The Morgan fingerprint density at radius 2 is 2.04 bits per heavy atom. The van der Waals surface area contributed by atoms with E-state index in [0.717, 1.165) is 62.9 Å². The highest BCUT2D eigenvalue weighted by Gasteiger charge is 2.19. The van der Waals surface area contributed by atoms with Gasteiger partial charge in [0.25, 0.3) is 0 Å². The lowest BCUT2D eigenvalue weighted by molar-refractivity contribution is 0.0391. The van der Waals surface area contributed by atoms with Crippen LogP contribution in [0.2, 0.25) is 0 Å². The van der Waals surface area contributed by atoms with Gasteiger partial charge in [-0.25, -0.2) is 0 Å². The fourth-order valence-corrected chi connectivity index (χ4v) is 4.33. The molecule has 0 aliphatic carbocycles. The number of thiophene rings is 1. The number of fused-ring (bicyclic) bond motifs is 1. The second kappa shape index (κ2) is 8.20. The topological polar surface area (TPSA) is 51.6 Å². The van der Waals surface area contributed by atoms with Gasteiger partial charge < -0.3 is 15.0 Å². The van der Waals surface area contributed by atoms with Crippen molar-refractivity contribution in [2.24, 2.45) is 0 Å². The van der Waals surface area contributed by atoms with Crippen LogP contribution in [0.15, 0.2) is 35.7 Å². The van der Waals surface area contributed by atoms with E-state index in [2.05, 4.69) is 33.3 Å². The van der Waals surface area contributed by atoms with Crippen LogP contribution in [0.3, 0.4) is 0 Å².